The Morgan fingerprint density at radius 3 is 0.914 bits per heavy atom. The summed E-state index contributed by atoms with van der Waals surface area (Å²) in [5.74, 6) is 0. The monoisotopic (exact) mass is 589 g/mol. The van der Waals surface area contributed by atoms with E-state index in [0.29, 0.717) is 0 Å². The van der Waals surface area contributed by atoms with Crippen LogP contribution in [0, 0.1) is 0 Å². The molecule has 0 spiro atoms. The summed E-state index contributed by atoms with van der Waals surface area (Å²) in [6.45, 7) is 6.36. The molecule has 0 aromatic carbocycles. The summed E-state index contributed by atoms with van der Waals surface area (Å²) in [6, 6.07) is 0. The molecule has 35 heavy (non-hydrogen) atoms. The number of aromatic nitrogens is 4. The quantitative estimate of drug-likeness (QED) is 0.193. The first-order valence-corrected chi connectivity index (χ1v) is 13.7. The van der Waals surface area contributed by atoms with Crippen molar-refractivity contribution >= 4 is 60.5 Å². The van der Waals surface area contributed by atoms with E-state index in [1.807, 2.05) is 35.6 Å². The molecule has 0 atom stereocenters. The molecule has 0 aliphatic carbocycles. The van der Waals surface area contributed by atoms with E-state index < -0.39 is 41.6 Å². The SMILES string of the molecule is CCn1cc[n+](C)c1.CCn1cc[n+](C)c1.O=S(=O)(F)[N-]S(=O)(=O)F.O=S(=O)(F)[N-]S(=O)(=O)F.[Li]. The van der Waals surface area contributed by atoms with Crippen LogP contribution in [0.25, 0.3) is 8.25 Å². The molecule has 0 aliphatic heterocycles. The van der Waals surface area contributed by atoms with Crippen LogP contribution < -0.4 is 9.13 Å². The van der Waals surface area contributed by atoms with Crippen LogP contribution >= 0.6 is 0 Å². The third-order valence-electron chi connectivity index (χ3n) is 2.73. The Labute approximate surface area is 214 Å². The van der Waals surface area contributed by atoms with E-state index >= 15 is 0 Å². The van der Waals surface area contributed by atoms with Crippen LogP contribution in [0.1, 0.15) is 13.8 Å². The molecule has 0 unspecified atom stereocenters. The van der Waals surface area contributed by atoms with Gasteiger partial charge in [0.15, 0.2) is 0 Å². The van der Waals surface area contributed by atoms with E-state index in [1.54, 1.807) is 0 Å². The maximum atomic E-state index is 11.1. The summed E-state index contributed by atoms with van der Waals surface area (Å²) >= 11 is 0. The summed E-state index contributed by atoms with van der Waals surface area (Å²) < 4.78 is 128. The predicted octanol–water partition coefficient (Wildman–Crippen LogP) is -0.138. The van der Waals surface area contributed by atoms with E-state index in [2.05, 4.69) is 48.0 Å². The standard InChI is InChI=1S/2C6H11N2.2F2NO4S2.Li/c2*1-3-8-5-4-7(2)6-8;2*1-8(4,5)3-9(2,6)7;/h2*4-6H,3H2,1-2H3;;;/q2*+1;2*-1;. The fraction of sp³-hybridized carbons (Fsp3) is 0.500. The topological polar surface area (TPSA) is 182 Å². The van der Waals surface area contributed by atoms with Crippen LogP contribution in [0.15, 0.2) is 37.4 Å². The molecule has 23 heteroatoms. The summed E-state index contributed by atoms with van der Waals surface area (Å²) in [7, 11) is -18.4. The second-order valence-corrected chi connectivity index (χ2v) is 10.1. The van der Waals surface area contributed by atoms with Gasteiger partial charge in [-0.05, 0) is 13.8 Å². The Kier molecular flexibility index (Phi) is 17.6. The number of aryl methyl sites for hydroxylation is 4. The van der Waals surface area contributed by atoms with Gasteiger partial charge in [-0.1, -0.05) is 0 Å². The van der Waals surface area contributed by atoms with Crippen molar-refractivity contribution < 1.29 is 58.3 Å². The number of imidazole rings is 2. The Hall–Kier alpha value is -1.54. The smallest absolute Gasteiger partial charge is 0.243 e. The van der Waals surface area contributed by atoms with Gasteiger partial charge in [-0.3, -0.25) is 0 Å². The number of rotatable bonds is 6. The second kappa shape index (κ2) is 16.3. The van der Waals surface area contributed by atoms with Crippen molar-refractivity contribution in [3.8, 4) is 0 Å². The molecule has 2 aromatic rings. The van der Waals surface area contributed by atoms with Gasteiger partial charge in [-0.25, -0.2) is 51.9 Å². The third kappa shape index (κ3) is 28.6. The molecule has 0 fully saturated rings. The molecule has 0 saturated carbocycles. The Balaban J connectivity index is -0.000000387. The van der Waals surface area contributed by atoms with Crippen molar-refractivity contribution in [2.45, 2.75) is 26.9 Å². The molecule has 201 valence electrons. The zero-order chi connectivity index (χ0) is 27.4. The van der Waals surface area contributed by atoms with Crippen LogP contribution in [-0.2, 0) is 68.8 Å². The van der Waals surface area contributed by atoms with Gasteiger partial charge in [0.05, 0.1) is 27.2 Å². The Morgan fingerprint density at radius 2 is 0.857 bits per heavy atom. The predicted molar refractivity (Wildman–Crippen MR) is 115 cm³/mol. The number of hydrogen-bond acceptors (Lipinski definition) is 8. The minimum absolute atomic E-state index is 0. The molecule has 0 bridgehead atoms. The third-order valence-corrected chi connectivity index (χ3v) is 5.58. The minimum Gasteiger partial charge on any atom is -0.379 e. The van der Waals surface area contributed by atoms with E-state index in [1.165, 1.54) is 0 Å². The van der Waals surface area contributed by atoms with Gasteiger partial charge < -0.3 is 8.25 Å². The van der Waals surface area contributed by atoms with Gasteiger partial charge >= 0.3 is 0 Å². The van der Waals surface area contributed by atoms with Gasteiger partial charge in [0, 0.05) is 18.9 Å². The molecule has 0 N–H and O–H groups in total. The van der Waals surface area contributed by atoms with Crippen molar-refractivity contribution in [3.63, 3.8) is 0 Å². The number of halogens is 4. The van der Waals surface area contributed by atoms with Crippen LogP contribution in [0.5, 0.6) is 0 Å². The van der Waals surface area contributed by atoms with E-state index in [9.17, 15) is 49.2 Å². The van der Waals surface area contributed by atoms with Gasteiger partial charge in [-0.15, -0.1) is 15.5 Å². The van der Waals surface area contributed by atoms with Crippen molar-refractivity contribution in [1.29, 1.82) is 0 Å². The van der Waals surface area contributed by atoms with Crippen LogP contribution in [0.3, 0.4) is 0 Å². The number of nitrogens with zero attached hydrogens (tertiary/aromatic N) is 6. The van der Waals surface area contributed by atoms with Crippen LogP contribution in [0.4, 0.5) is 15.5 Å². The largest absolute Gasteiger partial charge is 0.379 e. The molecule has 0 amide bonds. The summed E-state index contributed by atoms with van der Waals surface area (Å²) in [5.41, 5.74) is 0. The van der Waals surface area contributed by atoms with Gasteiger partial charge in [0.25, 0.3) is 0 Å². The summed E-state index contributed by atoms with van der Waals surface area (Å²) in [5, 5.41) is 0. The fourth-order valence-electron chi connectivity index (χ4n) is 1.59. The molecular formula is C12H22F4LiN6O8S4. The van der Waals surface area contributed by atoms with Crippen LogP contribution in [-0.4, -0.2) is 61.7 Å². The first-order valence-electron chi connectivity index (χ1n) is 8.35. The van der Waals surface area contributed by atoms with Gasteiger partial charge in [0.1, 0.15) is 24.8 Å². The molecule has 0 aliphatic rings. The molecule has 2 aromatic heterocycles. The molecule has 14 nitrogen and oxygen atoms in total. The van der Waals surface area contributed by atoms with Gasteiger partial charge in [0.2, 0.25) is 54.3 Å². The summed E-state index contributed by atoms with van der Waals surface area (Å²) in [6.07, 6.45) is 12.3. The molecule has 2 rings (SSSR count). The van der Waals surface area contributed by atoms with Crippen molar-refractivity contribution in [2.75, 3.05) is 0 Å². The first-order chi connectivity index (χ1) is 15.1. The minimum atomic E-state index is -5.62. The maximum absolute atomic E-state index is 11.1. The average Bonchev–Trinajstić information content (AvgIpc) is 3.17. The average molecular weight is 590 g/mol. The zero-order valence-corrected chi connectivity index (χ0v) is 22.2. The van der Waals surface area contributed by atoms with Crippen LogP contribution in [0.2, 0.25) is 0 Å². The van der Waals surface area contributed by atoms with Crippen molar-refractivity contribution in [1.82, 2.24) is 9.13 Å². The molecule has 2 heterocycles. The zero-order valence-electron chi connectivity index (χ0n) is 19.0. The molecule has 1 radical (unpaired) electrons. The van der Waals surface area contributed by atoms with E-state index in [4.69, 9.17) is 0 Å². The number of hydrogen-bond donors (Lipinski definition) is 0. The first kappa shape index (κ1) is 38.0. The van der Waals surface area contributed by atoms with E-state index in [0.717, 1.165) is 21.3 Å². The summed E-state index contributed by atoms with van der Waals surface area (Å²) in [4.78, 5) is 0. The van der Waals surface area contributed by atoms with Gasteiger partial charge in [-0.2, -0.15) is 0 Å². The van der Waals surface area contributed by atoms with Crippen molar-refractivity contribution in [2.24, 2.45) is 14.1 Å². The fourth-order valence-corrected chi connectivity index (χ4v) is 3.29. The Bertz CT molecular complexity index is 1150. The van der Waals surface area contributed by atoms with E-state index in [-0.39, 0.29) is 18.9 Å². The second-order valence-electron chi connectivity index (χ2n) is 5.62. The molecular weight excluding hydrogens is 567 g/mol. The maximum Gasteiger partial charge on any atom is 0.243 e. The Morgan fingerprint density at radius 1 is 0.629 bits per heavy atom. The molecule has 0 saturated heterocycles. The van der Waals surface area contributed by atoms with Crippen molar-refractivity contribution in [3.05, 3.63) is 45.7 Å². The normalized spacial score (nSPS) is 11.4.